The molecule has 2 aromatic heterocycles. The molecule has 1 atom stereocenters. The summed E-state index contributed by atoms with van der Waals surface area (Å²) in [5.41, 5.74) is 1.29. The number of benzene rings is 2. The van der Waals surface area contributed by atoms with Crippen molar-refractivity contribution in [3.05, 3.63) is 58.9 Å². The second-order valence-corrected chi connectivity index (χ2v) is 11.4. The molecular weight excluding hydrogens is 510 g/mol. The van der Waals surface area contributed by atoms with Gasteiger partial charge in [0.25, 0.3) is 0 Å². The van der Waals surface area contributed by atoms with E-state index in [-0.39, 0.29) is 17.3 Å². The molecule has 35 heavy (non-hydrogen) atoms. The van der Waals surface area contributed by atoms with Crippen molar-refractivity contribution in [2.75, 3.05) is 25.5 Å². The lowest BCUT2D eigenvalue weighted by Crippen LogP contribution is -2.43. The highest BCUT2D eigenvalue weighted by atomic mass is 35.5. The van der Waals surface area contributed by atoms with Gasteiger partial charge in [-0.1, -0.05) is 11.6 Å². The van der Waals surface area contributed by atoms with Crippen molar-refractivity contribution < 1.29 is 22.4 Å². The number of piperidine rings is 1. The lowest BCUT2D eigenvalue weighted by atomic mass is 9.99. The van der Waals surface area contributed by atoms with Gasteiger partial charge in [-0.15, -0.1) is 11.3 Å². The van der Waals surface area contributed by atoms with Gasteiger partial charge in [-0.3, -0.25) is 4.79 Å². The van der Waals surface area contributed by atoms with Crippen LogP contribution in [0, 0.1) is 5.92 Å². The molecule has 1 saturated heterocycles. The monoisotopic (exact) mass is 531 g/mol. The molecule has 0 aliphatic carbocycles. The Morgan fingerprint density at radius 1 is 1.23 bits per heavy atom. The molecule has 1 amide bonds. The summed E-state index contributed by atoms with van der Waals surface area (Å²) in [6.45, 7) is 0.480. The lowest BCUT2D eigenvalue weighted by molar-refractivity contribution is -0.120. The molecule has 11 heteroatoms. The van der Waals surface area contributed by atoms with Gasteiger partial charge >= 0.3 is 0 Å². The Hall–Kier alpha value is -2.92. The van der Waals surface area contributed by atoms with E-state index >= 15 is 0 Å². The molecule has 1 N–H and O–H groups in total. The lowest BCUT2D eigenvalue weighted by Gasteiger charge is -2.31. The van der Waals surface area contributed by atoms with Crippen molar-refractivity contribution in [2.45, 2.75) is 17.7 Å². The number of aromatic nitrogens is 1. The zero-order valence-electron chi connectivity index (χ0n) is 18.7. The highest BCUT2D eigenvalue weighted by Crippen LogP contribution is 2.32. The van der Waals surface area contributed by atoms with Crippen LogP contribution in [0.15, 0.2) is 63.2 Å². The Bertz CT molecular complexity index is 1480. The number of hydrogen-bond acceptors (Lipinski definition) is 7. The van der Waals surface area contributed by atoms with Crippen LogP contribution in [0.4, 0.5) is 5.13 Å². The molecule has 1 aliphatic rings. The van der Waals surface area contributed by atoms with E-state index in [9.17, 15) is 13.2 Å². The van der Waals surface area contributed by atoms with Crippen molar-refractivity contribution in [3.63, 3.8) is 0 Å². The standard InChI is InChI=1S/C24H22ClN3O5S2/c1-32-18-7-4-15-11-22(33-21(15)12-18)20-14-34-24(26-20)27-23(29)16-3-2-10-28(13-16)35(30,31)19-8-5-17(25)6-9-19/h4-9,11-12,14,16H,2-3,10,13H2,1H3,(H,26,27,29). The highest BCUT2D eigenvalue weighted by Gasteiger charge is 2.33. The molecule has 1 unspecified atom stereocenters. The van der Waals surface area contributed by atoms with Gasteiger partial charge in [0.1, 0.15) is 17.0 Å². The van der Waals surface area contributed by atoms with Crippen LogP contribution in [-0.4, -0.2) is 43.8 Å². The molecule has 5 rings (SSSR count). The molecular formula is C24H22ClN3O5S2. The molecule has 182 valence electrons. The number of hydrogen-bond donors (Lipinski definition) is 1. The molecule has 0 bridgehead atoms. The number of sulfonamides is 1. The number of methoxy groups -OCH3 is 1. The maximum atomic E-state index is 13.0. The quantitative estimate of drug-likeness (QED) is 0.364. The van der Waals surface area contributed by atoms with Gasteiger partial charge in [-0.2, -0.15) is 4.31 Å². The average Bonchev–Trinajstić information content (AvgIpc) is 3.50. The first-order valence-electron chi connectivity index (χ1n) is 10.9. The van der Waals surface area contributed by atoms with Crippen molar-refractivity contribution in [3.8, 4) is 17.2 Å². The molecule has 0 saturated carbocycles. The Labute approximate surface area is 211 Å². The van der Waals surface area contributed by atoms with Crippen LogP contribution in [0.3, 0.4) is 0 Å². The largest absolute Gasteiger partial charge is 0.497 e. The number of thiazole rings is 1. The third-order valence-corrected chi connectivity index (χ3v) is 8.81. The number of halogens is 1. The van der Waals surface area contributed by atoms with Crippen molar-refractivity contribution in [1.82, 2.24) is 9.29 Å². The Balaban J connectivity index is 1.27. The molecule has 2 aromatic carbocycles. The molecule has 0 spiro atoms. The minimum Gasteiger partial charge on any atom is -0.497 e. The smallest absolute Gasteiger partial charge is 0.243 e. The van der Waals surface area contributed by atoms with Gasteiger partial charge in [0.15, 0.2) is 10.9 Å². The summed E-state index contributed by atoms with van der Waals surface area (Å²) in [6.07, 6.45) is 1.19. The fourth-order valence-corrected chi connectivity index (χ4v) is 6.40. The number of carbonyl (C=O) groups excluding carboxylic acids is 1. The Morgan fingerprint density at radius 3 is 2.80 bits per heavy atom. The number of rotatable bonds is 6. The third-order valence-electron chi connectivity index (χ3n) is 5.92. The topological polar surface area (TPSA) is 102 Å². The predicted octanol–water partition coefficient (Wildman–Crippen LogP) is 5.26. The van der Waals surface area contributed by atoms with Crippen molar-refractivity contribution in [2.24, 2.45) is 5.92 Å². The molecule has 1 aliphatic heterocycles. The Morgan fingerprint density at radius 2 is 2.03 bits per heavy atom. The zero-order chi connectivity index (χ0) is 24.6. The first-order valence-corrected chi connectivity index (χ1v) is 13.6. The van der Waals surface area contributed by atoms with E-state index in [1.165, 1.54) is 27.8 Å². The molecule has 3 heterocycles. The van der Waals surface area contributed by atoms with Crippen LogP contribution in [0.5, 0.6) is 5.75 Å². The zero-order valence-corrected chi connectivity index (χ0v) is 21.1. The fourth-order valence-electron chi connectivity index (χ4n) is 4.05. The normalized spacial score (nSPS) is 16.9. The summed E-state index contributed by atoms with van der Waals surface area (Å²) in [5.74, 6) is 0.556. The summed E-state index contributed by atoms with van der Waals surface area (Å²) in [5, 5.41) is 6.46. The van der Waals surface area contributed by atoms with Crippen molar-refractivity contribution >= 4 is 55.0 Å². The van der Waals surface area contributed by atoms with Crippen molar-refractivity contribution in [1.29, 1.82) is 0 Å². The van der Waals surface area contributed by atoms with E-state index in [1.807, 2.05) is 23.6 Å². The van der Waals surface area contributed by atoms with E-state index in [2.05, 4.69) is 10.3 Å². The summed E-state index contributed by atoms with van der Waals surface area (Å²) in [4.78, 5) is 17.6. The van der Waals surface area contributed by atoms with E-state index in [0.717, 1.165) is 5.39 Å². The van der Waals surface area contributed by atoms with E-state index < -0.39 is 15.9 Å². The number of ether oxygens (including phenoxy) is 1. The predicted molar refractivity (Wildman–Crippen MR) is 135 cm³/mol. The van der Waals surface area contributed by atoms with Crippen LogP contribution in [-0.2, 0) is 14.8 Å². The number of nitrogens with one attached hydrogen (secondary N) is 1. The fraction of sp³-hybridized carbons (Fsp3) is 0.250. The van der Waals surface area contributed by atoms with E-state index in [0.29, 0.717) is 52.3 Å². The molecule has 1 fully saturated rings. The van der Waals surface area contributed by atoms with Gasteiger partial charge in [-0.05, 0) is 55.3 Å². The van der Waals surface area contributed by atoms with Gasteiger partial charge < -0.3 is 14.5 Å². The number of furan rings is 1. The summed E-state index contributed by atoms with van der Waals surface area (Å²) in [6, 6.07) is 13.5. The summed E-state index contributed by atoms with van der Waals surface area (Å²) in [7, 11) is -2.11. The summed E-state index contributed by atoms with van der Waals surface area (Å²) < 4.78 is 38.5. The number of anilines is 1. The maximum absolute atomic E-state index is 13.0. The minimum atomic E-state index is -3.71. The van der Waals surface area contributed by atoms with Crippen LogP contribution >= 0.6 is 22.9 Å². The molecule has 0 radical (unpaired) electrons. The number of carbonyl (C=O) groups is 1. The summed E-state index contributed by atoms with van der Waals surface area (Å²) >= 11 is 7.17. The first-order chi connectivity index (χ1) is 16.8. The number of fused-ring (bicyclic) bond motifs is 1. The van der Waals surface area contributed by atoms with Gasteiger partial charge in [0, 0.05) is 34.9 Å². The second kappa shape index (κ2) is 9.62. The van der Waals surface area contributed by atoms with Crippen LogP contribution in [0.25, 0.3) is 22.4 Å². The van der Waals surface area contributed by atoms with Gasteiger partial charge in [-0.25, -0.2) is 13.4 Å². The van der Waals surface area contributed by atoms with E-state index in [1.54, 1.807) is 25.3 Å². The number of nitrogens with zero attached hydrogens (tertiary/aromatic N) is 2. The third kappa shape index (κ3) is 4.92. The average molecular weight is 532 g/mol. The SMILES string of the molecule is COc1ccc2cc(-c3csc(NC(=O)C4CCCN(S(=O)(=O)c5ccc(Cl)cc5)C4)n3)oc2c1. The van der Waals surface area contributed by atoms with Gasteiger partial charge in [0.2, 0.25) is 15.9 Å². The Kier molecular flexibility index (Phi) is 6.54. The molecule has 4 aromatic rings. The maximum Gasteiger partial charge on any atom is 0.243 e. The minimum absolute atomic E-state index is 0.112. The van der Waals surface area contributed by atoms with Crippen LogP contribution in [0.1, 0.15) is 12.8 Å². The second-order valence-electron chi connectivity index (χ2n) is 8.20. The van der Waals surface area contributed by atoms with Crippen LogP contribution in [0.2, 0.25) is 5.02 Å². The van der Waals surface area contributed by atoms with Crippen LogP contribution < -0.4 is 10.1 Å². The van der Waals surface area contributed by atoms with Gasteiger partial charge in [0.05, 0.1) is 17.9 Å². The first kappa shape index (κ1) is 23.8. The molecule has 8 nitrogen and oxygen atoms in total. The number of amides is 1. The van der Waals surface area contributed by atoms with E-state index in [4.69, 9.17) is 20.8 Å². The highest BCUT2D eigenvalue weighted by molar-refractivity contribution is 7.89.